The maximum Gasteiger partial charge on any atom is 0.256 e. The molecule has 1 amide bonds. The van der Waals surface area contributed by atoms with E-state index >= 15 is 0 Å². The first-order valence-corrected chi connectivity index (χ1v) is 9.50. The van der Waals surface area contributed by atoms with Crippen LogP contribution in [-0.2, 0) is 12.8 Å². The average Bonchev–Trinajstić information content (AvgIpc) is 3.02. The summed E-state index contributed by atoms with van der Waals surface area (Å²) in [5.41, 5.74) is 2.04. The fourth-order valence-electron chi connectivity index (χ4n) is 3.34. The van der Waals surface area contributed by atoms with Crippen molar-refractivity contribution in [3.63, 3.8) is 0 Å². The van der Waals surface area contributed by atoms with Crippen molar-refractivity contribution in [2.75, 3.05) is 26.6 Å². The molecule has 1 aliphatic rings. The zero-order valence-corrected chi connectivity index (χ0v) is 16.7. The van der Waals surface area contributed by atoms with Gasteiger partial charge >= 0.3 is 0 Å². The Hall–Kier alpha value is -2.72. The molecule has 0 saturated carbocycles. The first-order valence-electron chi connectivity index (χ1n) is 8.68. The first-order chi connectivity index (χ1) is 13.0. The van der Waals surface area contributed by atoms with E-state index in [0.717, 1.165) is 24.8 Å². The van der Waals surface area contributed by atoms with Crippen molar-refractivity contribution in [3.8, 4) is 23.3 Å². The number of thiophene rings is 1. The third-order valence-electron chi connectivity index (χ3n) is 4.78. The summed E-state index contributed by atoms with van der Waals surface area (Å²) in [5.74, 6) is 1.51. The molecule has 1 N–H and O–H groups in total. The van der Waals surface area contributed by atoms with Gasteiger partial charge in [-0.1, -0.05) is 6.92 Å². The molecule has 0 unspecified atom stereocenters. The molecule has 0 saturated heterocycles. The van der Waals surface area contributed by atoms with Crippen molar-refractivity contribution in [2.24, 2.45) is 5.92 Å². The molecule has 0 radical (unpaired) electrons. The van der Waals surface area contributed by atoms with E-state index in [1.807, 2.05) is 0 Å². The summed E-state index contributed by atoms with van der Waals surface area (Å²) in [7, 11) is 4.51. The van der Waals surface area contributed by atoms with Crippen LogP contribution >= 0.6 is 11.3 Å². The SMILES string of the molecule is COc1cc(C(=O)Nc2sc3c(c2C#N)CC[C@@H](C)C3)cc(OC)c1OC. The standard InChI is InChI=1S/C20H22N2O4S/c1-11-5-6-13-14(10-21)20(27-17(13)7-11)22-19(23)12-8-15(24-2)18(26-4)16(9-12)25-3/h8-9,11H,5-7H2,1-4H3,(H,22,23)/t11-/m1/s1. The summed E-state index contributed by atoms with van der Waals surface area (Å²) in [6.45, 7) is 2.21. The molecule has 6 nitrogen and oxygen atoms in total. The Labute approximate surface area is 162 Å². The van der Waals surface area contributed by atoms with Crippen LogP contribution in [-0.4, -0.2) is 27.2 Å². The zero-order valence-electron chi connectivity index (χ0n) is 15.8. The minimum atomic E-state index is -0.322. The van der Waals surface area contributed by atoms with Crippen molar-refractivity contribution >= 4 is 22.2 Å². The van der Waals surface area contributed by atoms with Crippen molar-refractivity contribution in [2.45, 2.75) is 26.2 Å². The molecule has 1 atom stereocenters. The van der Waals surface area contributed by atoms with Crippen LogP contribution in [0.4, 0.5) is 5.00 Å². The van der Waals surface area contributed by atoms with Gasteiger partial charge in [0, 0.05) is 10.4 Å². The molecule has 1 aliphatic carbocycles. The number of nitriles is 1. The molecule has 0 fully saturated rings. The number of amides is 1. The van der Waals surface area contributed by atoms with E-state index in [0.29, 0.717) is 39.3 Å². The smallest absolute Gasteiger partial charge is 0.256 e. The summed E-state index contributed by atoms with van der Waals surface area (Å²) >= 11 is 1.50. The number of anilines is 1. The molecule has 2 aromatic rings. The minimum absolute atomic E-state index is 0.322. The van der Waals surface area contributed by atoms with Crippen LogP contribution in [0.25, 0.3) is 0 Å². The van der Waals surface area contributed by atoms with Gasteiger partial charge in [0.05, 0.1) is 26.9 Å². The highest BCUT2D eigenvalue weighted by atomic mass is 32.1. The Bertz CT molecular complexity index is 888. The van der Waals surface area contributed by atoms with Crippen LogP contribution < -0.4 is 19.5 Å². The second kappa shape index (κ2) is 7.89. The van der Waals surface area contributed by atoms with Crippen molar-refractivity contribution in [3.05, 3.63) is 33.7 Å². The Morgan fingerprint density at radius 1 is 1.22 bits per heavy atom. The van der Waals surface area contributed by atoms with Gasteiger partial charge in [-0.05, 0) is 42.9 Å². The molecule has 7 heteroatoms. The maximum absolute atomic E-state index is 12.8. The summed E-state index contributed by atoms with van der Waals surface area (Å²) in [5, 5.41) is 13.1. The molecule has 1 aromatic heterocycles. The van der Waals surface area contributed by atoms with Crippen molar-refractivity contribution in [1.29, 1.82) is 5.26 Å². The second-order valence-corrected chi connectivity index (χ2v) is 7.64. The summed E-state index contributed by atoms with van der Waals surface area (Å²) in [4.78, 5) is 14.0. The fourth-order valence-corrected chi connectivity index (χ4v) is 4.70. The summed E-state index contributed by atoms with van der Waals surface area (Å²) < 4.78 is 15.9. The van der Waals surface area contributed by atoms with Crippen molar-refractivity contribution in [1.82, 2.24) is 0 Å². The lowest BCUT2D eigenvalue weighted by Crippen LogP contribution is -2.13. The topological polar surface area (TPSA) is 80.6 Å². The Morgan fingerprint density at radius 2 is 1.89 bits per heavy atom. The molecular weight excluding hydrogens is 364 g/mol. The van der Waals surface area contributed by atoms with E-state index < -0.39 is 0 Å². The Kier molecular flexibility index (Phi) is 5.57. The fraction of sp³-hybridized carbons (Fsp3) is 0.400. The third-order valence-corrected chi connectivity index (χ3v) is 5.95. The van der Waals surface area contributed by atoms with Crippen LogP contribution in [0.2, 0.25) is 0 Å². The van der Waals surface area contributed by atoms with Crippen LogP contribution in [0, 0.1) is 17.2 Å². The number of carbonyl (C=O) groups is 1. The number of hydrogen-bond acceptors (Lipinski definition) is 6. The number of carbonyl (C=O) groups excluding carboxylic acids is 1. The number of nitrogens with zero attached hydrogens (tertiary/aromatic N) is 1. The molecule has 142 valence electrons. The lowest BCUT2D eigenvalue weighted by molar-refractivity contribution is 0.102. The van der Waals surface area contributed by atoms with E-state index in [1.165, 1.54) is 37.5 Å². The zero-order chi connectivity index (χ0) is 19.6. The molecule has 0 spiro atoms. The second-order valence-electron chi connectivity index (χ2n) is 6.54. The van der Waals surface area contributed by atoms with Crippen LogP contribution in [0.5, 0.6) is 17.2 Å². The summed E-state index contributed by atoms with van der Waals surface area (Å²) in [6, 6.07) is 5.46. The highest BCUT2D eigenvalue weighted by Gasteiger charge is 2.25. The Balaban J connectivity index is 1.94. The number of nitrogens with one attached hydrogen (secondary N) is 1. The Morgan fingerprint density at radius 3 is 2.44 bits per heavy atom. The number of fused-ring (bicyclic) bond motifs is 1. The highest BCUT2D eigenvalue weighted by Crippen LogP contribution is 2.41. The van der Waals surface area contributed by atoms with Crippen LogP contribution in [0.1, 0.15) is 39.7 Å². The summed E-state index contributed by atoms with van der Waals surface area (Å²) in [6.07, 6.45) is 2.91. The normalized spacial score (nSPS) is 15.4. The number of ether oxygens (including phenoxy) is 3. The van der Waals surface area contributed by atoms with E-state index in [9.17, 15) is 10.1 Å². The van der Waals surface area contributed by atoms with E-state index in [1.54, 1.807) is 12.1 Å². The van der Waals surface area contributed by atoms with Gasteiger partial charge in [0.15, 0.2) is 11.5 Å². The minimum Gasteiger partial charge on any atom is -0.493 e. The van der Waals surface area contributed by atoms with Gasteiger partial charge in [0.2, 0.25) is 5.75 Å². The van der Waals surface area contributed by atoms with Crippen LogP contribution in [0.15, 0.2) is 12.1 Å². The number of benzene rings is 1. The number of rotatable bonds is 5. The monoisotopic (exact) mass is 386 g/mol. The average molecular weight is 386 g/mol. The maximum atomic E-state index is 12.8. The lowest BCUT2D eigenvalue weighted by Gasteiger charge is -2.17. The molecule has 1 heterocycles. The van der Waals surface area contributed by atoms with E-state index in [-0.39, 0.29) is 5.91 Å². The molecule has 27 heavy (non-hydrogen) atoms. The predicted molar refractivity (Wildman–Crippen MR) is 104 cm³/mol. The van der Waals surface area contributed by atoms with Crippen molar-refractivity contribution < 1.29 is 19.0 Å². The van der Waals surface area contributed by atoms with Gasteiger partial charge in [0.25, 0.3) is 5.91 Å². The van der Waals surface area contributed by atoms with E-state index in [2.05, 4.69) is 18.3 Å². The van der Waals surface area contributed by atoms with Gasteiger partial charge in [-0.25, -0.2) is 0 Å². The van der Waals surface area contributed by atoms with Gasteiger partial charge in [-0.2, -0.15) is 5.26 Å². The molecular formula is C20H22N2O4S. The number of hydrogen-bond donors (Lipinski definition) is 1. The third kappa shape index (κ3) is 3.58. The molecule has 0 bridgehead atoms. The number of methoxy groups -OCH3 is 3. The lowest BCUT2D eigenvalue weighted by atomic mass is 9.88. The molecule has 3 rings (SSSR count). The molecule has 0 aliphatic heterocycles. The van der Waals surface area contributed by atoms with Gasteiger partial charge in [-0.3, -0.25) is 4.79 Å². The van der Waals surface area contributed by atoms with Gasteiger partial charge < -0.3 is 19.5 Å². The van der Waals surface area contributed by atoms with Crippen LogP contribution in [0.3, 0.4) is 0 Å². The first kappa shape index (κ1) is 19.1. The van der Waals surface area contributed by atoms with Gasteiger partial charge in [-0.15, -0.1) is 11.3 Å². The van der Waals surface area contributed by atoms with E-state index in [4.69, 9.17) is 14.2 Å². The molecule has 1 aromatic carbocycles. The largest absolute Gasteiger partial charge is 0.493 e. The predicted octanol–water partition coefficient (Wildman–Crippen LogP) is 4.02. The highest BCUT2D eigenvalue weighted by molar-refractivity contribution is 7.16. The van der Waals surface area contributed by atoms with Gasteiger partial charge in [0.1, 0.15) is 11.1 Å². The quantitative estimate of drug-likeness (QED) is 0.839.